The molecule has 2 saturated heterocycles. The highest BCUT2D eigenvalue weighted by Gasteiger charge is 2.24. The molecule has 1 aromatic rings. The summed E-state index contributed by atoms with van der Waals surface area (Å²) >= 11 is 0. The highest BCUT2D eigenvalue weighted by Crippen LogP contribution is 2.16. The highest BCUT2D eigenvalue weighted by atomic mass is 16.5. The van der Waals surface area contributed by atoms with E-state index in [1.54, 1.807) is 6.20 Å². The Balaban J connectivity index is 1.58. The molecule has 6 heteroatoms. The summed E-state index contributed by atoms with van der Waals surface area (Å²) < 4.78 is 10.9. The Labute approximate surface area is 125 Å². The fourth-order valence-corrected chi connectivity index (χ4v) is 3.06. The van der Waals surface area contributed by atoms with Gasteiger partial charge < -0.3 is 14.2 Å². The van der Waals surface area contributed by atoms with Crippen molar-refractivity contribution in [1.29, 1.82) is 0 Å². The average Bonchev–Trinajstić information content (AvgIpc) is 3.22. The second-order valence-electron chi connectivity index (χ2n) is 5.87. The Morgan fingerprint density at radius 3 is 2.90 bits per heavy atom. The monoisotopic (exact) mass is 293 g/mol. The lowest BCUT2D eigenvalue weighted by Gasteiger charge is -2.26. The Hall–Kier alpha value is -1.40. The minimum Gasteiger partial charge on any atom is -0.377 e. The molecular formula is C15H23N3O3. The number of rotatable bonds is 6. The summed E-state index contributed by atoms with van der Waals surface area (Å²) in [5.41, 5.74) is 0. The molecule has 6 nitrogen and oxygen atoms in total. The molecule has 2 aliphatic heterocycles. The molecule has 21 heavy (non-hydrogen) atoms. The van der Waals surface area contributed by atoms with Crippen LogP contribution in [0.3, 0.4) is 0 Å². The molecule has 0 spiro atoms. The molecule has 2 aliphatic rings. The first-order valence-electron chi connectivity index (χ1n) is 7.82. The minimum absolute atomic E-state index is 0.213. The third-order valence-corrected chi connectivity index (χ3v) is 4.17. The smallest absolute Gasteiger partial charge is 0.236 e. The Morgan fingerprint density at radius 2 is 2.24 bits per heavy atom. The molecule has 3 heterocycles. The van der Waals surface area contributed by atoms with E-state index in [1.807, 2.05) is 11.0 Å². The van der Waals surface area contributed by atoms with Crippen molar-refractivity contribution in [3.05, 3.63) is 18.0 Å². The summed E-state index contributed by atoms with van der Waals surface area (Å²) in [5.74, 6) is 1.01. The van der Waals surface area contributed by atoms with Crippen molar-refractivity contribution in [2.24, 2.45) is 0 Å². The van der Waals surface area contributed by atoms with Crippen molar-refractivity contribution in [1.82, 2.24) is 15.0 Å². The zero-order valence-electron chi connectivity index (χ0n) is 12.4. The van der Waals surface area contributed by atoms with Gasteiger partial charge in [-0.2, -0.15) is 0 Å². The van der Waals surface area contributed by atoms with E-state index in [2.05, 4.69) is 10.1 Å². The van der Waals surface area contributed by atoms with Crippen LogP contribution in [0.2, 0.25) is 0 Å². The molecule has 3 rings (SSSR count). The SMILES string of the molecule is O=C(CN(Cc1ccno1)C[C@@H]1CCCO1)N1CCCC1. The first kappa shape index (κ1) is 14.5. The highest BCUT2D eigenvalue weighted by molar-refractivity contribution is 5.78. The number of nitrogens with zero attached hydrogens (tertiary/aromatic N) is 3. The van der Waals surface area contributed by atoms with Crippen LogP contribution >= 0.6 is 0 Å². The van der Waals surface area contributed by atoms with E-state index in [0.717, 1.165) is 57.7 Å². The topological polar surface area (TPSA) is 58.8 Å². The van der Waals surface area contributed by atoms with Crippen LogP contribution in [0.15, 0.2) is 16.8 Å². The van der Waals surface area contributed by atoms with Gasteiger partial charge in [-0.1, -0.05) is 5.16 Å². The fraction of sp³-hybridized carbons (Fsp3) is 0.733. The number of amides is 1. The maximum absolute atomic E-state index is 12.4. The largest absolute Gasteiger partial charge is 0.377 e. The van der Waals surface area contributed by atoms with Gasteiger partial charge in [-0.15, -0.1) is 0 Å². The van der Waals surface area contributed by atoms with Gasteiger partial charge >= 0.3 is 0 Å². The zero-order valence-corrected chi connectivity index (χ0v) is 12.4. The van der Waals surface area contributed by atoms with Crippen LogP contribution in [0.1, 0.15) is 31.4 Å². The van der Waals surface area contributed by atoms with E-state index in [4.69, 9.17) is 9.26 Å². The van der Waals surface area contributed by atoms with Gasteiger partial charge in [0.25, 0.3) is 0 Å². The van der Waals surface area contributed by atoms with Gasteiger partial charge in [-0.25, -0.2) is 0 Å². The third kappa shape index (κ3) is 4.04. The fourth-order valence-electron chi connectivity index (χ4n) is 3.06. The Kier molecular flexibility index (Phi) is 4.87. The number of hydrogen-bond acceptors (Lipinski definition) is 5. The molecule has 0 N–H and O–H groups in total. The van der Waals surface area contributed by atoms with Gasteiger partial charge in [0.15, 0.2) is 5.76 Å². The van der Waals surface area contributed by atoms with Crippen molar-refractivity contribution < 1.29 is 14.1 Å². The normalized spacial score (nSPS) is 22.3. The molecule has 0 aliphatic carbocycles. The Morgan fingerprint density at radius 1 is 1.38 bits per heavy atom. The zero-order chi connectivity index (χ0) is 14.5. The summed E-state index contributed by atoms with van der Waals surface area (Å²) in [7, 11) is 0. The minimum atomic E-state index is 0.213. The van der Waals surface area contributed by atoms with Crippen molar-refractivity contribution in [3.63, 3.8) is 0 Å². The number of hydrogen-bond donors (Lipinski definition) is 0. The van der Waals surface area contributed by atoms with E-state index in [0.29, 0.717) is 13.1 Å². The van der Waals surface area contributed by atoms with Gasteiger partial charge in [0, 0.05) is 32.3 Å². The first-order valence-corrected chi connectivity index (χ1v) is 7.82. The van der Waals surface area contributed by atoms with Crippen LogP contribution < -0.4 is 0 Å². The lowest BCUT2D eigenvalue weighted by molar-refractivity contribution is -0.131. The van der Waals surface area contributed by atoms with E-state index in [-0.39, 0.29) is 12.0 Å². The molecular weight excluding hydrogens is 270 g/mol. The second kappa shape index (κ2) is 7.04. The van der Waals surface area contributed by atoms with E-state index >= 15 is 0 Å². The lowest BCUT2D eigenvalue weighted by atomic mass is 10.2. The van der Waals surface area contributed by atoms with Crippen molar-refractivity contribution in [3.8, 4) is 0 Å². The predicted molar refractivity (Wildman–Crippen MR) is 76.6 cm³/mol. The molecule has 0 unspecified atom stereocenters. The number of carbonyl (C=O) groups excluding carboxylic acids is 1. The van der Waals surface area contributed by atoms with Gasteiger partial charge in [-0.05, 0) is 25.7 Å². The van der Waals surface area contributed by atoms with E-state index in [9.17, 15) is 4.79 Å². The summed E-state index contributed by atoms with van der Waals surface area (Å²) in [4.78, 5) is 16.4. The molecule has 1 aromatic heterocycles. The number of likely N-dealkylation sites (tertiary alicyclic amines) is 1. The molecule has 1 amide bonds. The van der Waals surface area contributed by atoms with Crippen LogP contribution in [0, 0.1) is 0 Å². The Bertz CT molecular complexity index is 437. The lowest BCUT2D eigenvalue weighted by Crippen LogP contribution is -2.41. The van der Waals surface area contributed by atoms with E-state index < -0.39 is 0 Å². The number of ether oxygens (including phenoxy) is 1. The molecule has 2 fully saturated rings. The van der Waals surface area contributed by atoms with Gasteiger partial charge in [-0.3, -0.25) is 9.69 Å². The summed E-state index contributed by atoms with van der Waals surface area (Å²) in [5, 5.41) is 3.74. The summed E-state index contributed by atoms with van der Waals surface area (Å²) in [6.45, 7) is 4.45. The van der Waals surface area contributed by atoms with Crippen LogP contribution in [0.5, 0.6) is 0 Å². The van der Waals surface area contributed by atoms with Crippen LogP contribution in [-0.4, -0.2) is 59.8 Å². The van der Waals surface area contributed by atoms with Crippen LogP contribution in [-0.2, 0) is 16.1 Å². The maximum Gasteiger partial charge on any atom is 0.236 e. The molecule has 0 bridgehead atoms. The molecule has 0 aromatic carbocycles. The van der Waals surface area contributed by atoms with Crippen LogP contribution in [0.4, 0.5) is 0 Å². The number of aromatic nitrogens is 1. The number of carbonyl (C=O) groups is 1. The quantitative estimate of drug-likeness (QED) is 0.791. The van der Waals surface area contributed by atoms with Gasteiger partial charge in [0.1, 0.15) is 0 Å². The molecule has 1 atom stereocenters. The van der Waals surface area contributed by atoms with Crippen LogP contribution in [0.25, 0.3) is 0 Å². The third-order valence-electron chi connectivity index (χ3n) is 4.17. The standard InChI is InChI=1S/C15H23N3O3/c19-15(18-7-1-2-8-18)12-17(10-13-4-3-9-20-13)11-14-5-6-16-21-14/h5-6,13H,1-4,7-12H2/t13-/m0/s1. The van der Waals surface area contributed by atoms with E-state index in [1.165, 1.54) is 0 Å². The van der Waals surface area contributed by atoms with Crippen molar-refractivity contribution >= 4 is 5.91 Å². The second-order valence-corrected chi connectivity index (χ2v) is 5.87. The molecule has 116 valence electrons. The first-order chi connectivity index (χ1) is 10.3. The predicted octanol–water partition coefficient (Wildman–Crippen LogP) is 1.28. The summed E-state index contributed by atoms with van der Waals surface area (Å²) in [6, 6.07) is 1.85. The average molecular weight is 293 g/mol. The van der Waals surface area contributed by atoms with Crippen molar-refractivity contribution in [2.45, 2.75) is 38.3 Å². The molecule has 0 radical (unpaired) electrons. The summed E-state index contributed by atoms with van der Waals surface area (Å²) in [6.07, 6.45) is 6.31. The van der Waals surface area contributed by atoms with Crippen molar-refractivity contribution in [2.75, 3.05) is 32.8 Å². The maximum atomic E-state index is 12.4. The molecule has 0 saturated carbocycles. The van der Waals surface area contributed by atoms with Gasteiger partial charge in [0.2, 0.25) is 5.91 Å². The van der Waals surface area contributed by atoms with Gasteiger partial charge in [0.05, 0.1) is 25.4 Å².